The number of fused-ring (bicyclic) bond motifs is 1. The van der Waals surface area contributed by atoms with Crippen molar-refractivity contribution in [1.82, 2.24) is 4.98 Å². The summed E-state index contributed by atoms with van der Waals surface area (Å²) in [5, 5.41) is 9.12. The largest absolute Gasteiger partial charge is 0.478 e. The third-order valence-corrected chi connectivity index (χ3v) is 2.95. The molecule has 1 aromatic heterocycles. The topological polar surface area (TPSA) is 63.3 Å². The van der Waals surface area contributed by atoms with Crippen LogP contribution >= 0.6 is 0 Å². The molecule has 0 saturated heterocycles. The molecule has 4 nitrogen and oxygen atoms in total. The number of carboxylic acid groups (broad SMARTS) is 1. The highest BCUT2D eigenvalue weighted by molar-refractivity contribution is 6.00. The van der Waals surface area contributed by atoms with Crippen LogP contribution in [0.1, 0.15) is 15.9 Å². The van der Waals surface area contributed by atoms with Gasteiger partial charge in [0.25, 0.3) is 0 Å². The summed E-state index contributed by atoms with van der Waals surface area (Å²) in [6.45, 7) is 2.00. The van der Waals surface area contributed by atoms with E-state index in [-0.39, 0.29) is 5.56 Å². The first kappa shape index (κ1) is 11.5. The molecule has 3 rings (SSSR count). The number of carboxylic acids is 1. The molecule has 0 fully saturated rings. The van der Waals surface area contributed by atoms with Crippen LogP contribution in [0.25, 0.3) is 22.6 Å². The van der Waals surface area contributed by atoms with Gasteiger partial charge >= 0.3 is 5.97 Å². The molecule has 0 atom stereocenters. The van der Waals surface area contributed by atoms with Gasteiger partial charge in [-0.15, -0.1) is 0 Å². The summed E-state index contributed by atoms with van der Waals surface area (Å²) < 4.78 is 5.61. The van der Waals surface area contributed by atoms with Crippen molar-refractivity contribution >= 4 is 17.1 Å². The summed E-state index contributed by atoms with van der Waals surface area (Å²) in [4.78, 5) is 15.4. The van der Waals surface area contributed by atoms with E-state index in [9.17, 15) is 4.79 Å². The number of para-hydroxylation sites is 1. The molecule has 1 heterocycles. The minimum absolute atomic E-state index is 0.152. The number of aromatic nitrogens is 1. The zero-order valence-corrected chi connectivity index (χ0v) is 10.3. The molecule has 0 aliphatic carbocycles. The highest BCUT2D eigenvalue weighted by Gasteiger charge is 2.14. The van der Waals surface area contributed by atoms with Gasteiger partial charge in [0.2, 0.25) is 5.89 Å². The number of oxazole rings is 1. The summed E-state index contributed by atoms with van der Waals surface area (Å²) in [6.07, 6.45) is 0. The minimum atomic E-state index is -1.01. The van der Waals surface area contributed by atoms with Crippen LogP contribution in [0.15, 0.2) is 46.9 Å². The number of hydrogen-bond donors (Lipinski definition) is 1. The number of nitrogens with zero attached hydrogens (tertiary/aromatic N) is 1. The molecule has 0 amide bonds. The molecule has 0 aliphatic rings. The highest BCUT2D eigenvalue weighted by atomic mass is 16.4. The van der Waals surface area contributed by atoms with E-state index >= 15 is 0 Å². The molecule has 19 heavy (non-hydrogen) atoms. The fraction of sp³-hybridized carbons (Fsp3) is 0.0667. The number of rotatable bonds is 2. The predicted octanol–water partition coefficient (Wildman–Crippen LogP) is 3.50. The Morgan fingerprint density at radius 1 is 1.16 bits per heavy atom. The van der Waals surface area contributed by atoms with Crippen molar-refractivity contribution in [3.63, 3.8) is 0 Å². The normalized spacial score (nSPS) is 10.8. The van der Waals surface area contributed by atoms with Gasteiger partial charge in [-0.25, -0.2) is 9.78 Å². The van der Waals surface area contributed by atoms with Crippen molar-refractivity contribution in [3.8, 4) is 11.5 Å². The average Bonchev–Trinajstić information content (AvgIpc) is 2.82. The van der Waals surface area contributed by atoms with Crippen molar-refractivity contribution in [1.29, 1.82) is 0 Å². The highest BCUT2D eigenvalue weighted by Crippen LogP contribution is 2.26. The molecule has 2 aromatic carbocycles. The van der Waals surface area contributed by atoms with E-state index in [1.807, 2.05) is 31.2 Å². The van der Waals surface area contributed by atoms with Crippen molar-refractivity contribution in [2.75, 3.05) is 0 Å². The van der Waals surface area contributed by atoms with Gasteiger partial charge in [0.05, 0.1) is 5.56 Å². The van der Waals surface area contributed by atoms with Crippen LogP contribution in [-0.4, -0.2) is 16.1 Å². The summed E-state index contributed by atoms with van der Waals surface area (Å²) in [7, 11) is 0. The molecule has 4 heteroatoms. The van der Waals surface area contributed by atoms with Gasteiger partial charge in [0.1, 0.15) is 5.52 Å². The number of aryl methyl sites for hydroxylation is 1. The third-order valence-electron chi connectivity index (χ3n) is 2.95. The second kappa shape index (κ2) is 4.24. The van der Waals surface area contributed by atoms with Crippen LogP contribution in [-0.2, 0) is 0 Å². The molecule has 0 bridgehead atoms. The lowest BCUT2D eigenvalue weighted by Gasteiger charge is -1.95. The zero-order chi connectivity index (χ0) is 13.4. The third kappa shape index (κ3) is 1.97. The van der Waals surface area contributed by atoms with Gasteiger partial charge < -0.3 is 9.52 Å². The van der Waals surface area contributed by atoms with Crippen LogP contribution in [0.5, 0.6) is 0 Å². The van der Waals surface area contributed by atoms with Gasteiger partial charge in [-0.2, -0.15) is 0 Å². The monoisotopic (exact) mass is 253 g/mol. The molecular formula is C15H11NO3. The molecule has 0 unspecified atom stereocenters. The maximum atomic E-state index is 11.1. The van der Waals surface area contributed by atoms with E-state index in [2.05, 4.69) is 4.98 Å². The SMILES string of the molecule is Cc1ccc(-c2nc3c(C(=O)O)cccc3o2)cc1. The first-order chi connectivity index (χ1) is 9.15. The number of hydrogen-bond acceptors (Lipinski definition) is 3. The lowest BCUT2D eigenvalue weighted by Crippen LogP contribution is -1.96. The summed E-state index contributed by atoms with van der Waals surface area (Å²) in [6, 6.07) is 12.6. The Morgan fingerprint density at radius 3 is 2.58 bits per heavy atom. The molecule has 0 radical (unpaired) electrons. The van der Waals surface area contributed by atoms with E-state index in [0.717, 1.165) is 11.1 Å². The van der Waals surface area contributed by atoms with Crippen LogP contribution < -0.4 is 0 Å². The standard InChI is InChI=1S/C15H11NO3/c1-9-5-7-10(8-6-9)14-16-13-11(15(17)18)3-2-4-12(13)19-14/h2-8H,1H3,(H,17,18). The number of carbonyl (C=O) groups is 1. The summed E-state index contributed by atoms with van der Waals surface area (Å²) >= 11 is 0. The Labute approximate surface area is 109 Å². The minimum Gasteiger partial charge on any atom is -0.478 e. The van der Waals surface area contributed by atoms with Crippen LogP contribution in [0.2, 0.25) is 0 Å². The van der Waals surface area contributed by atoms with Crippen LogP contribution in [0.4, 0.5) is 0 Å². The Balaban J connectivity index is 2.19. The van der Waals surface area contributed by atoms with Gasteiger partial charge in [0.15, 0.2) is 5.58 Å². The Bertz CT molecular complexity index is 757. The second-order valence-electron chi connectivity index (χ2n) is 4.34. The number of aromatic carboxylic acids is 1. The maximum absolute atomic E-state index is 11.1. The lowest BCUT2D eigenvalue weighted by molar-refractivity contribution is 0.0699. The fourth-order valence-electron chi connectivity index (χ4n) is 1.94. The van der Waals surface area contributed by atoms with E-state index in [1.54, 1.807) is 12.1 Å². The van der Waals surface area contributed by atoms with Gasteiger partial charge in [-0.05, 0) is 31.2 Å². The van der Waals surface area contributed by atoms with E-state index < -0.39 is 5.97 Å². The first-order valence-electron chi connectivity index (χ1n) is 5.85. The second-order valence-corrected chi connectivity index (χ2v) is 4.34. The maximum Gasteiger partial charge on any atom is 0.338 e. The Hall–Kier alpha value is -2.62. The van der Waals surface area contributed by atoms with Gasteiger partial charge in [-0.3, -0.25) is 0 Å². The molecular weight excluding hydrogens is 242 g/mol. The molecule has 0 aliphatic heterocycles. The van der Waals surface area contributed by atoms with Crippen molar-refractivity contribution in [2.24, 2.45) is 0 Å². The lowest BCUT2D eigenvalue weighted by atomic mass is 10.1. The smallest absolute Gasteiger partial charge is 0.338 e. The molecule has 0 spiro atoms. The fourth-order valence-corrected chi connectivity index (χ4v) is 1.94. The number of benzene rings is 2. The Morgan fingerprint density at radius 2 is 1.89 bits per heavy atom. The van der Waals surface area contributed by atoms with E-state index in [0.29, 0.717) is 17.0 Å². The Kier molecular flexibility index (Phi) is 2.56. The predicted molar refractivity (Wildman–Crippen MR) is 71.1 cm³/mol. The zero-order valence-electron chi connectivity index (χ0n) is 10.3. The summed E-state index contributed by atoms with van der Waals surface area (Å²) in [5.74, 6) is -0.571. The molecule has 3 aromatic rings. The molecule has 94 valence electrons. The summed E-state index contributed by atoms with van der Waals surface area (Å²) in [5.41, 5.74) is 2.99. The van der Waals surface area contributed by atoms with Gasteiger partial charge in [-0.1, -0.05) is 23.8 Å². The van der Waals surface area contributed by atoms with Crippen LogP contribution in [0.3, 0.4) is 0 Å². The van der Waals surface area contributed by atoms with Crippen molar-refractivity contribution in [3.05, 3.63) is 53.6 Å². The molecule has 1 N–H and O–H groups in total. The van der Waals surface area contributed by atoms with Crippen LogP contribution in [0, 0.1) is 6.92 Å². The molecule has 0 saturated carbocycles. The van der Waals surface area contributed by atoms with Gasteiger partial charge in [0, 0.05) is 5.56 Å². The average molecular weight is 253 g/mol. The van der Waals surface area contributed by atoms with E-state index in [1.165, 1.54) is 6.07 Å². The van der Waals surface area contributed by atoms with E-state index in [4.69, 9.17) is 9.52 Å². The first-order valence-corrected chi connectivity index (χ1v) is 5.85. The quantitative estimate of drug-likeness (QED) is 0.759. The van der Waals surface area contributed by atoms with Crippen molar-refractivity contribution in [2.45, 2.75) is 6.92 Å². The van der Waals surface area contributed by atoms with Crippen molar-refractivity contribution < 1.29 is 14.3 Å².